The van der Waals surface area contributed by atoms with Gasteiger partial charge in [-0.1, -0.05) is 60.4 Å². The van der Waals surface area contributed by atoms with Gasteiger partial charge < -0.3 is 28.7 Å². The van der Waals surface area contributed by atoms with Crippen molar-refractivity contribution in [2.24, 2.45) is 0 Å². The van der Waals surface area contributed by atoms with Crippen LogP contribution < -0.4 is 28.7 Å². The first kappa shape index (κ1) is 39.7. The van der Waals surface area contributed by atoms with Crippen LogP contribution >= 0.6 is 0 Å². The van der Waals surface area contributed by atoms with E-state index in [1.807, 2.05) is 24.3 Å². The molecule has 0 saturated heterocycles. The molecule has 2 aliphatic carbocycles. The predicted molar refractivity (Wildman–Crippen MR) is 257 cm³/mol. The van der Waals surface area contributed by atoms with Gasteiger partial charge in [0, 0.05) is 67.2 Å². The molecule has 2 fully saturated rings. The van der Waals surface area contributed by atoms with Gasteiger partial charge >= 0.3 is 0 Å². The monoisotopic (exact) mass is 820 g/mol. The molecule has 314 valence electrons. The molecular weight excluding hydrogens is 765 g/mol. The molecule has 2 aliphatic rings. The minimum atomic E-state index is 0.164. The van der Waals surface area contributed by atoms with E-state index in [0.717, 1.165) is 104 Å². The van der Waals surface area contributed by atoms with Crippen LogP contribution in [0, 0.1) is 13.8 Å². The summed E-state index contributed by atoms with van der Waals surface area (Å²) in [6, 6.07) is 48.3. The smallest absolute Gasteiger partial charge is 0.129 e. The van der Waals surface area contributed by atoms with E-state index in [0.29, 0.717) is 0 Å². The van der Waals surface area contributed by atoms with Crippen LogP contribution in [0.2, 0.25) is 0 Å². The number of nitrogens with zero attached hydrogens (tertiary/aromatic N) is 2. The highest BCUT2D eigenvalue weighted by atomic mass is 16.5. The lowest BCUT2D eigenvalue weighted by molar-refractivity contribution is 0.157. The molecule has 0 unspecified atom stereocenters. The Bertz CT molecular complexity index is 2590. The maximum atomic E-state index is 7.23. The van der Waals surface area contributed by atoms with Crippen molar-refractivity contribution < 1.29 is 18.9 Å². The Kier molecular flexibility index (Phi) is 11.0. The largest absolute Gasteiger partial charge is 0.497 e. The average molecular weight is 821 g/mol. The van der Waals surface area contributed by atoms with E-state index >= 15 is 0 Å². The first-order chi connectivity index (χ1) is 30.4. The van der Waals surface area contributed by atoms with Crippen LogP contribution in [0.25, 0.3) is 32.3 Å². The highest BCUT2D eigenvalue weighted by molar-refractivity contribution is 6.30. The summed E-state index contributed by atoms with van der Waals surface area (Å²) < 4.78 is 25.8. The molecular formula is C56H56N2O4. The molecule has 6 nitrogen and oxygen atoms in total. The molecule has 0 aliphatic heterocycles. The predicted octanol–water partition coefficient (Wildman–Crippen LogP) is 15.6. The van der Waals surface area contributed by atoms with Gasteiger partial charge in [0.1, 0.15) is 23.0 Å². The zero-order valence-corrected chi connectivity index (χ0v) is 36.5. The number of hydrogen-bond donors (Lipinski definition) is 0. The summed E-state index contributed by atoms with van der Waals surface area (Å²) in [6.45, 7) is 4.29. The van der Waals surface area contributed by atoms with Crippen molar-refractivity contribution in [3.8, 4) is 23.0 Å². The summed E-state index contributed by atoms with van der Waals surface area (Å²) in [4.78, 5) is 4.77. The third-order valence-corrected chi connectivity index (χ3v) is 13.2. The van der Waals surface area contributed by atoms with Gasteiger partial charge in [0.25, 0.3) is 0 Å². The standard InChI is InChI=1S/C56H56N2O4/c1-37-15-19-39(20-16-37)57(41-23-27-43(59-3)28-24-41)51-35-53(61-45-11-7-5-8-12-45)49-34-32-48-52(58(40-21-17-38(2)18-22-40)42-25-29-44(60-4)30-26-42)36-54(62-46-13-9-6-10-14-46)50-33-31-47(51)55(49)56(48)50/h15-36,45-46H,5-14H2,1-4H3. The lowest BCUT2D eigenvalue weighted by Crippen LogP contribution is -2.20. The molecule has 0 spiro atoms. The van der Waals surface area contributed by atoms with Gasteiger partial charge in [-0.3, -0.25) is 0 Å². The summed E-state index contributed by atoms with van der Waals surface area (Å²) in [5, 5.41) is 6.91. The number of methoxy groups -OCH3 is 2. The number of anilines is 6. The Morgan fingerprint density at radius 3 is 1.05 bits per heavy atom. The topological polar surface area (TPSA) is 43.4 Å². The molecule has 8 aromatic carbocycles. The van der Waals surface area contributed by atoms with E-state index in [9.17, 15) is 0 Å². The maximum absolute atomic E-state index is 7.23. The van der Waals surface area contributed by atoms with E-state index in [1.165, 1.54) is 60.4 Å². The number of rotatable bonds is 12. The number of ether oxygens (including phenoxy) is 4. The summed E-state index contributed by atoms with van der Waals surface area (Å²) in [5.74, 6) is 3.49. The zero-order chi connectivity index (χ0) is 42.2. The van der Waals surface area contributed by atoms with Gasteiger partial charge in [0.15, 0.2) is 0 Å². The van der Waals surface area contributed by atoms with Crippen LogP contribution in [0.15, 0.2) is 133 Å². The lowest BCUT2D eigenvalue weighted by atomic mass is 9.90. The molecule has 10 rings (SSSR count). The Morgan fingerprint density at radius 1 is 0.387 bits per heavy atom. The van der Waals surface area contributed by atoms with E-state index in [2.05, 4.69) is 133 Å². The van der Waals surface area contributed by atoms with Crippen molar-refractivity contribution in [3.05, 3.63) is 145 Å². The molecule has 0 radical (unpaired) electrons. The SMILES string of the molecule is COc1ccc(N(c2ccc(C)cc2)c2cc(OC3CCCCC3)c3ccc4c(N(c5ccc(C)cc5)c5ccc(OC)cc5)cc(OC5CCCCC5)c5ccc2c3c54)cc1. The molecule has 0 bridgehead atoms. The fourth-order valence-electron chi connectivity index (χ4n) is 9.89. The highest BCUT2D eigenvalue weighted by Gasteiger charge is 2.28. The van der Waals surface area contributed by atoms with Crippen molar-refractivity contribution in [3.63, 3.8) is 0 Å². The van der Waals surface area contributed by atoms with Gasteiger partial charge in [0.05, 0.1) is 37.8 Å². The second-order valence-corrected chi connectivity index (χ2v) is 17.4. The summed E-state index contributed by atoms with van der Waals surface area (Å²) in [6.07, 6.45) is 11.9. The number of benzene rings is 8. The summed E-state index contributed by atoms with van der Waals surface area (Å²) in [5.41, 5.74) is 8.80. The zero-order valence-electron chi connectivity index (χ0n) is 36.5. The Hall–Kier alpha value is -6.40. The van der Waals surface area contributed by atoms with Crippen molar-refractivity contribution in [1.29, 1.82) is 0 Å². The normalized spacial score (nSPS) is 15.0. The van der Waals surface area contributed by atoms with Gasteiger partial charge in [-0.15, -0.1) is 0 Å². The lowest BCUT2D eigenvalue weighted by Gasteiger charge is -2.32. The molecule has 0 heterocycles. The average Bonchev–Trinajstić information content (AvgIpc) is 3.32. The third-order valence-electron chi connectivity index (χ3n) is 13.2. The first-order valence-corrected chi connectivity index (χ1v) is 22.6. The van der Waals surface area contributed by atoms with Crippen molar-refractivity contribution in [1.82, 2.24) is 0 Å². The van der Waals surface area contributed by atoms with Crippen LogP contribution in [-0.2, 0) is 0 Å². The van der Waals surface area contributed by atoms with Crippen LogP contribution in [0.3, 0.4) is 0 Å². The molecule has 2 saturated carbocycles. The fraction of sp³-hybridized carbons (Fsp3) is 0.286. The molecule has 6 heteroatoms. The van der Waals surface area contributed by atoms with Crippen molar-refractivity contribution in [2.45, 2.75) is 90.3 Å². The Labute approximate surface area is 365 Å². The van der Waals surface area contributed by atoms with Crippen molar-refractivity contribution >= 4 is 66.4 Å². The molecule has 0 N–H and O–H groups in total. The van der Waals surface area contributed by atoms with Gasteiger partial charge in [-0.2, -0.15) is 0 Å². The molecule has 0 atom stereocenters. The quantitative estimate of drug-likeness (QED) is 0.114. The van der Waals surface area contributed by atoms with Crippen LogP contribution in [0.1, 0.15) is 75.3 Å². The van der Waals surface area contributed by atoms with E-state index < -0.39 is 0 Å². The van der Waals surface area contributed by atoms with Crippen LogP contribution in [0.4, 0.5) is 34.1 Å². The Balaban J connectivity index is 1.29. The minimum absolute atomic E-state index is 0.164. The van der Waals surface area contributed by atoms with E-state index in [1.54, 1.807) is 14.2 Å². The number of aryl methyl sites for hydroxylation is 2. The van der Waals surface area contributed by atoms with Gasteiger partial charge in [-0.25, -0.2) is 0 Å². The fourth-order valence-corrected chi connectivity index (χ4v) is 9.89. The van der Waals surface area contributed by atoms with E-state index in [-0.39, 0.29) is 12.2 Å². The van der Waals surface area contributed by atoms with Gasteiger partial charge in [0.2, 0.25) is 0 Å². The van der Waals surface area contributed by atoms with E-state index in [4.69, 9.17) is 18.9 Å². The summed E-state index contributed by atoms with van der Waals surface area (Å²) >= 11 is 0. The van der Waals surface area contributed by atoms with Crippen molar-refractivity contribution in [2.75, 3.05) is 24.0 Å². The highest BCUT2D eigenvalue weighted by Crippen LogP contribution is 2.53. The Morgan fingerprint density at radius 2 is 0.710 bits per heavy atom. The first-order valence-electron chi connectivity index (χ1n) is 22.6. The van der Waals surface area contributed by atoms with Gasteiger partial charge in [-0.05, 0) is 150 Å². The third kappa shape index (κ3) is 7.61. The maximum Gasteiger partial charge on any atom is 0.129 e. The number of hydrogen-bond acceptors (Lipinski definition) is 6. The van der Waals surface area contributed by atoms with Crippen LogP contribution in [0.5, 0.6) is 23.0 Å². The minimum Gasteiger partial charge on any atom is -0.497 e. The second-order valence-electron chi connectivity index (χ2n) is 17.4. The molecule has 8 aromatic rings. The molecule has 62 heavy (non-hydrogen) atoms. The summed E-state index contributed by atoms with van der Waals surface area (Å²) in [7, 11) is 3.44. The molecule has 0 aromatic heterocycles. The molecule has 0 amide bonds. The second kappa shape index (κ2) is 17.2. The van der Waals surface area contributed by atoms with Crippen LogP contribution in [-0.4, -0.2) is 26.4 Å².